The zero-order valence-corrected chi connectivity index (χ0v) is 24.3. The maximum atomic E-state index is 12.3. The summed E-state index contributed by atoms with van der Waals surface area (Å²) in [7, 11) is 3.86. The van der Waals surface area contributed by atoms with Gasteiger partial charge in [0.1, 0.15) is 6.61 Å². The topological polar surface area (TPSA) is 113 Å². The lowest BCUT2D eigenvalue weighted by Crippen LogP contribution is -2.72. The molecule has 2 rings (SSSR count). The van der Waals surface area contributed by atoms with Gasteiger partial charge in [-0.05, 0) is 40.8 Å². The van der Waals surface area contributed by atoms with E-state index in [0.717, 1.165) is 52.4 Å². The highest BCUT2D eigenvalue weighted by Gasteiger charge is 2.64. The molecule has 0 amide bonds. The Morgan fingerprint density at radius 2 is 1.37 bits per heavy atom. The Bertz CT molecular complexity index is 697. The lowest BCUT2D eigenvalue weighted by atomic mass is 10.1. The number of aliphatic hydroxyl groups is 1. The monoisotopic (exact) mass is 546 g/mol. The van der Waals surface area contributed by atoms with Gasteiger partial charge in [0.05, 0.1) is 26.4 Å². The average molecular weight is 547 g/mol. The number of hydrogen-bond donors (Lipinski definition) is 1. The molecule has 0 aromatic rings. The molecule has 0 radical (unpaired) electrons. The molecule has 0 aromatic carbocycles. The minimum atomic E-state index is -2.23. The van der Waals surface area contributed by atoms with Crippen molar-refractivity contribution < 1.29 is 38.4 Å². The minimum Gasteiger partial charge on any atom is -0.413 e. The van der Waals surface area contributed by atoms with E-state index in [9.17, 15) is 14.7 Å². The smallest absolute Gasteiger partial charge is 0.349 e. The van der Waals surface area contributed by atoms with Gasteiger partial charge >= 0.3 is 23.6 Å². The van der Waals surface area contributed by atoms with Crippen LogP contribution in [0, 0.1) is 0 Å². The van der Waals surface area contributed by atoms with Crippen LogP contribution in [0.2, 0.25) is 0 Å². The highest BCUT2D eigenvalue weighted by atomic mass is 16.8. The summed E-state index contributed by atoms with van der Waals surface area (Å²) in [5, 5.41) is 10.6. The first-order valence-electron chi connectivity index (χ1n) is 13.8. The summed E-state index contributed by atoms with van der Waals surface area (Å²) in [6.45, 7) is 14.5. The molecule has 0 aliphatic carbocycles. The summed E-state index contributed by atoms with van der Waals surface area (Å²) >= 11 is 0. The van der Waals surface area contributed by atoms with E-state index in [1.54, 1.807) is 11.9 Å². The summed E-state index contributed by atoms with van der Waals surface area (Å²) < 4.78 is 29.4. The Kier molecular flexibility index (Phi) is 13.8. The second kappa shape index (κ2) is 16.0. The molecule has 2 saturated heterocycles. The zero-order chi connectivity index (χ0) is 28.2. The van der Waals surface area contributed by atoms with E-state index in [0.29, 0.717) is 26.1 Å². The standard InChI is InChI=1S/C26H50N4O8/c1-22(2)28(6)26(25(21-31,37-23(3)32)38-24(4)33,36-18-8-10-30-15-19-34-20-16-30)35-17-7-9-29-13-11-27(5)12-14-29/h22,31H,7-21H2,1-6H3. The number of ether oxygens (including phenoxy) is 5. The SMILES string of the molecule is CC(=O)OC(CO)(OC(C)=O)C(OCCCN1CCOCC1)(OCCCN1CCN(C)CC1)N(C)C(C)C. The summed E-state index contributed by atoms with van der Waals surface area (Å²) in [6, 6.07) is -0.177. The first-order valence-corrected chi connectivity index (χ1v) is 13.8. The molecule has 1 atom stereocenters. The zero-order valence-electron chi connectivity index (χ0n) is 24.3. The second-order valence-corrected chi connectivity index (χ2v) is 10.4. The molecule has 222 valence electrons. The van der Waals surface area contributed by atoms with E-state index < -0.39 is 30.2 Å². The number of esters is 2. The van der Waals surface area contributed by atoms with Crippen LogP contribution in [0.15, 0.2) is 0 Å². The van der Waals surface area contributed by atoms with Gasteiger partial charge in [-0.25, -0.2) is 4.90 Å². The molecular weight excluding hydrogens is 496 g/mol. The van der Waals surface area contributed by atoms with Crippen LogP contribution >= 0.6 is 0 Å². The van der Waals surface area contributed by atoms with Crippen LogP contribution in [0.25, 0.3) is 0 Å². The first kappa shape index (κ1) is 32.8. The molecule has 12 heteroatoms. The third-order valence-corrected chi connectivity index (χ3v) is 7.08. The molecule has 0 spiro atoms. The fourth-order valence-electron chi connectivity index (χ4n) is 4.75. The number of piperazine rings is 1. The molecule has 0 bridgehead atoms. The summed E-state index contributed by atoms with van der Waals surface area (Å²) in [5.74, 6) is -5.57. The largest absolute Gasteiger partial charge is 0.413 e. The van der Waals surface area contributed by atoms with Crippen LogP contribution < -0.4 is 0 Å². The van der Waals surface area contributed by atoms with E-state index in [1.807, 2.05) is 13.8 Å². The summed E-state index contributed by atoms with van der Waals surface area (Å²) in [5.41, 5.74) is 0. The number of carbonyl (C=O) groups is 2. The lowest BCUT2D eigenvalue weighted by Gasteiger charge is -2.51. The molecule has 0 aromatic heterocycles. The van der Waals surface area contributed by atoms with Crippen molar-refractivity contribution >= 4 is 11.9 Å². The van der Waals surface area contributed by atoms with Crippen molar-refractivity contribution in [3.63, 3.8) is 0 Å². The molecule has 2 heterocycles. The van der Waals surface area contributed by atoms with Gasteiger partial charge in [-0.15, -0.1) is 0 Å². The van der Waals surface area contributed by atoms with Crippen molar-refractivity contribution in [3.8, 4) is 0 Å². The Morgan fingerprint density at radius 1 is 0.895 bits per heavy atom. The molecule has 0 saturated carbocycles. The number of morpholine rings is 1. The molecule has 2 aliphatic rings. The minimum absolute atomic E-state index is 0.177. The Hall–Kier alpha value is -1.38. The van der Waals surface area contributed by atoms with Gasteiger partial charge in [0.15, 0.2) is 0 Å². The summed E-state index contributed by atoms with van der Waals surface area (Å²) in [6.07, 6.45) is 1.33. The van der Waals surface area contributed by atoms with E-state index in [2.05, 4.69) is 21.7 Å². The third kappa shape index (κ3) is 9.37. The molecule has 1 unspecified atom stereocenters. The highest BCUT2D eigenvalue weighted by molar-refractivity contribution is 5.69. The van der Waals surface area contributed by atoms with Crippen LogP contribution in [-0.4, -0.2) is 154 Å². The predicted molar refractivity (Wildman–Crippen MR) is 141 cm³/mol. The first-order chi connectivity index (χ1) is 18.0. The van der Waals surface area contributed by atoms with Gasteiger partial charge in [0, 0.05) is 72.2 Å². The van der Waals surface area contributed by atoms with E-state index >= 15 is 0 Å². The maximum Gasteiger partial charge on any atom is 0.349 e. The Labute approximate surface area is 228 Å². The van der Waals surface area contributed by atoms with Gasteiger partial charge in [-0.2, -0.15) is 0 Å². The number of carbonyl (C=O) groups excluding carboxylic acids is 2. The number of aliphatic hydroxyl groups excluding tert-OH is 1. The molecular formula is C26H50N4O8. The Balaban J connectivity index is 2.26. The van der Waals surface area contributed by atoms with Crippen LogP contribution in [0.3, 0.4) is 0 Å². The van der Waals surface area contributed by atoms with Crippen molar-refractivity contribution in [3.05, 3.63) is 0 Å². The third-order valence-electron chi connectivity index (χ3n) is 7.08. The fraction of sp³-hybridized carbons (Fsp3) is 0.923. The quantitative estimate of drug-likeness (QED) is 0.162. The van der Waals surface area contributed by atoms with Crippen molar-refractivity contribution in [1.29, 1.82) is 0 Å². The molecule has 38 heavy (non-hydrogen) atoms. The number of hydrogen-bond acceptors (Lipinski definition) is 12. The highest BCUT2D eigenvalue weighted by Crippen LogP contribution is 2.37. The van der Waals surface area contributed by atoms with Crippen LogP contribution in [-0.2, 0) is 33.3 Å². The van der Waals surface area contributed by atoms with Crippen molar-refractivity contribution in [1.82, 2.24) is 19.6 Å². The lowest BCUT2D eigenvalue weighted by molar-refractivity contribution is -0.444. The molecule has 1 N–H and O–H groups in total. The van der Waals surface area contributed by atoms with E-state index in [1.165, 1.54) is 13.8 Å². The van der Waals surface area contributed by atoms with Crippen molar-refractivity contribution in [2.75, 3.05) is 99.5 Å². The number of likely N-dealkylation sites (N-methyl/N-ethyl adjacent to an activating group) is 2. The normalized spacial score (nSPS) is 20.0. The number of rotatable bonds is 16. The summed E-state index contributed by atoms with van der Waals surface area (Å²) in [4.78, 5) is 33.2. The Morgan fingerprint density at radius 3 is 1.79 bits per heavy atom. The van der Waals surface area contributed by atoms with E-state index in [-0.39, 0.29) is 19.3 Å². The van der Waals surface area contributed by atoms with Gasteiger partial charge < -0.3 is 38.6 Å². The van der Waals surface area contributed by atoms with Gasteiger partial charge in [0.25, 0.3) is 0 Å². The van der Waals surface area contributed by atoms with E-state index in [4.69, 9.17) is 23.7 Å². The van der Waals surface area contributed by atoms with Gasteiger partial charge in [-0.1, -0.05) is 0 Å². The average Bonchev–Trinajstić information content (AvgIpc) is 2.88. The van der Waals surface area contributed by atoms with Gasteiger partial charge in [-0.3, -0.25) is 14.5 Å². The maximum absolute atomic E-state index is 12.3. The van der Waals surface area contributed by atoms with Gasteiger partial charge in [0.2, 0.25) is 0 Å². The fourth-order valence-corrected chi connectivity index (χ4v) is 4.75. The predicted octanol–water partition coefficient (Wildman–Crippen LogP) is 0.188. The number of nitrogens with zero attached hydrogens (tertiary/aromatic N) is 4. The van der Waals surface area contributed by atoms with Crippen LogP contribution in [0.5, 0.6) is 0 Å². The molecule has 2 aliphatic heterocycles. The van der Waals surface area contributed by atoms with Crippen molar-refractivity contribution in [2.24, 2.45) is 0 Å². The molecule has 12 nitrogen and oxygen atoms in total. The molecule has 2 fully saturated rings. The van der Waals surface area contributed by atoms with Crippen LogP contribution in [0.4, 0.5) is 0 Å². The second-order valence-electron chi connectivity index (χ2n) is 10.4. The van der Waals surface area contributed by atoms with Crippen molar-refractivity contribution in [2.45, 2.75) is 58.3 Å². The van der Waals surface area contributed by atoms with Crippen LogP contribution in [0.1, 0.15) is 40.5 Å².